The van der Waals surface area contributed by atoms with Crippen molar-refractivity contribution >= 4 is 5.78 Å². The monoisotopic (exact) mass is 214 g/mol. The normalized spacial score (nSPS) is 12.7. The number of ether oxygens (including phenoxy) is 1. The fraction of sp³-hybridized carbons (Fsp3) is 0.923. The Morgan fingerprint density at radius 2 is 1.73 bits per heavy atom. The van der Waals surface area contributed by atoms with Crippen LogP contribution in [0.3, 0.4) is 0 Å². The average molecular weight is 214 g/mol. The van der Waals surface area contributed by atoms with Gasteiger partial charge >= 0.3 is 0 Å². The van der Waals surface area contributed by atoms with Crippen molar-refractivity contribution in [3.05, 3.63) is 0 Å². The lowest BCUT2D eigenvalue weighted by molar-refractivity contribution is -0.130. The Morgan fingerprint density at radius 3 is 2.27 bits per heavy atom. The van der Waals surface area contributed by atoms with E-state index in [4.69, 9.17) is 4.74 Å². The molecule has 90 valence electrons. The van der Waals surface area contributed by atoms with E-state index in [0.717, 1.165) is 32.1 Å². The summed E-state index contributed by atoms with van der Waals surface area (Å²) in [6.45, 7) is 6.90. The third-order valence-corrected chi connectivity index (χ3v) is 2.57. The average Bonchev–Trinajstić information content (AvgIpc) is 2.24. The highest BCUT2D eigenvalue weighted by Crippen LogP contribution is 2.10. The van der Waals surface area contributed by atoms with Crippen LogP contribution in [-0.4, -0.2) is 18.5 Å². The van der Waals surface area contributed by atoms with Crippen molar-refractivity contribution in [3.8, 4) is 0 Å². The van der Waals surface area contributed by atoms with Crippen LogP contribution in [0.2, 0.25) is 0 Å². The van der Waals surface area contributed by atoms with Gasteiger partial charge in [0.05, 0.1) is 0 Å². The number of hydrogen-bond acceptors (Lipinski definition) is 2. The van der Waals surface area contributed by atoms with Crippen LogP contribution in [0.25, 0.3) is 0 Å². The Bertz CT molecular complexity index is 155. The number of ketones is 1. The summed E-state index contributed by atoms with van der Waals surface area (Å²) in [5.74, 6) is 0.304. The van der Waals surface area contributed by atoms with Gasteiger partial charge < -0.3 is 4.74 Å². The summed E-state index contributed by atoms with van der Waals surface area (Å²) < 4.78 is 5.49. The summed E-state index contributed by atoms with van der Waals surface area (Å²) in [4.78, 5) is 11.8. The van der Waals surface area contributed by atoms with Crippen molar-refractivity contribution in [1.29, 1.82) is 0 Å². The second-order valence-electron chi connectivity index (χ2n) is 4.01. The SMILES string of the molecule is CCCCCC(=O)C(CCCC)OCC. The first-order chi connectivity index (χ1) is 7.26. The minimum absolute atomic E-state index is 0.133. The molecule has 0 amide bonds. The van der Waals surface area contributed by atoms with E-state index in [2.05, 4.69) is 13.8 Å². The topological polar surface area (TPSA) is 26.3 Å². The van der Waals surface area contributed by atoms with E-state index in [1.54, 1.807) is 0 Å². The minimum atomic E-state index is -0.133. The molecule has 0 aromatic heterocycles. The van der Waals surface area contributed by atoms with E-state index in [0.29, 0.717) is 18.8 Å². The molecule has 0 aliphatic rings. The maximum absolute atomic E-state index is 11.8. The molecule has 0 aromatic carbocycles. The van der Waals surface area contributed by atoms with Gasteiger partial charge in [-0.25, -0.2) is 0 Å². The van der Waals surface area contributed by atoms with Crippen LogP contribution in [0.15, 0.2) is 0 Å². The van der Waals surface area contributed by atoms with Gasteiger partial charge in [0, 0.05) is 13.0 Å². The summed E-state index contributed by atoms with van der Waals surface area (Å²) in [5.41, 5.74) is 0. The van der Waals surface area contributed by atoms with Gasteiger partial charge in [-0.3, -0.25) is 4.79 Å². The molecule has 0 heterocycles. The second-order valence-corrected chi connectivity index (χ2v) is 4.01. The molecule has 1 unspecified atom stereocenters. The molecule has 0 rings (SSSR count). The summed E-state index contributed by atoms with van der Waals surface area (Å²) in [6.07, 6.45) is 7.02. The van der Waals surface area contributed by atoms with Crippen molar-refractivity contribution in [2.24, 2.45) is 0 Å². The molecule has 0 spiro atoms. The van der Waals surface area contributed by atoms with Crippen LogP contribution in [0, 0.1) is 0 Å². The van der Waals surface area contributed by atoms with Gasteiger partial charge in [0.15, 0.2) is 5.78 Å². The van der Waals surface area contributed by atoms with E-state index in [1.807, 2.05) is 6.92 Å². The van der Waals surface area contributed by atoms with Gasteiger partial charge in [0.25, 0.3) is 0 Å². The standard InChI is InChI=1S/C13H26O2/c1-4-7-9-10-12(14)13(15-6-3)11-8-5-2/h13H,4-11H2,1-3H3. The Morgan fingerprint density at radius 1 is 1.07 bits per heavy atom. The summed E-state index contributed by atoms with van der Waals surface area (Å²) in [5, 5.41) is 0. The first-order valence-corrected chi connectivity index (χ1v) is 6.40. The van der Waals surface area contributed by atoms with Crippen LogP contribution in [0.4, 0.5) is 0 Å². The van der Waals surface area contributed by atoms with E-state index in [-0.39, 0.29) is 6.10 Å². The largest absolute Gasteiger partial charge is 0.371 e. The molecular formula is C13H26O2. The van der Waals surface area contributed by atoms with Gasteiger partial charge in [-0.15, -0.1) is 0 Å². The van der Waals surface area contributed by atoms with Crippen LogP contribution < -0.4 is 0 Å². The lowest BCUT2D eigenvalue weighted by atomic mass is 10.0. The van der Waals surface area contributed by atoms with Crippen LogP contribution in [0.1, 0.15) is 65.7 Å². The van der Waals surface area contributed by atoms with Crippen molar-refractivity contribution in [1.82, 2.24) is 0 Å². The molecule has 0 aromatic rings. The molecule has 2 nitrogen and oxygen atoms in total. The number of hydrogen-bond donors (Lipinski definition) is 0. The first-order valence-electron chi connectivity index (χ1n) is 6.40. The highest BCUT2D eigenvalue weighted by molar-refractivity contribution is 5.82. The predicted octanol–water partition coefficient (Wildman–Crippen LogP) is 3.73. The number of carbonyl (C=O) groups is 1. The lowest BCUT2D eigenvalue weighted by Crippen LogP contribution is -2.24. The van der Waals surface area contributed by atoms with Gasteiger partial charge in [-0.1, -0.05) is 39.5 Å². The third-order valence-electron chi connectivity index (χ3n) is 2.57. The Balaban J connectivity index is 3.81. The molecule has 0 radical (unpaired) electrons. The van der Waals surface area contributed by atoms with Gasteiger partial charge in [-0.2, -0.15) is 0 Å². The Kier molecular flexibility index (Phi) is 9.91. The van der Waals surface area contributed by atoms with E-state index >= 15 is 0 Å². The number of Topliss-reactive ketones (excluding diaryl/α,β-unsaturated/α-hetero) is 1. The van der Waals surface area contributed by atoms with Gasteiger partial charge in [0.2, 0.25) is 0 Å². The van der Waals surface area contributed by atoms with Crippen LogP contribution in [0.5, 0.6) is 0 Å². The molecule has 0 aliphatic heterocycles. The van der Waals surface area contributed by atoms with E-state index in [1.165, 1.54) is 6.42 Å². The molecule has 1 atom stereocenters. The molecule has 15 heavy (non-hydrogen) atoms. The minimum Gasteiger partial charge on any atom is -0.371 e. The molecular weight excluding hydrogens is 188 g/mol. The first kappa shape index (κ1) is 14.6. The predicted molar refractivity (Wildman–Crippen MR) is 64.1 cm³/mol. The zero-order valence-electron chi connectivity index (χ0n) is 10.6. The maximum Gasteiger partial charge on any atom is 0.161 e. The maximum atomic E-state index is 11.8. The molecule has 0 fully saturated rings. The van der Waals surface area contributed by atoms with Crippen molar-refractivity contribution < 1.29 is 9.53 Å². The lowest BCUT2D eigenvalue weighted by Gasteiger charge is -2.15. The molecule has 0 N–H and O–H groups in total. The highest BCUT2D eigenvalue weighted by Gasteiger charge is 2.16. The smallest absolute Gasteiger partial charge is 0.161 e. The fourth-order valence-electron chi connectivity index (χ4n) is 1.64. The highest BCUT2D eigenvalue weighted by atomic mass is 16.5. The third kappa shape index (κ3) is 7.55. The Hall–Kier alpha value is -0.370. The van der Waals surface area contributed by atoms with Gasteiger partial charge in [0.1, 0.15) is 6.10 Å². The van der Waals surface area contributed by atoms with Crippen LogP contribution >= 0.6 is 0 Å². The van der Waals surface area contributed by atoms with Gasteiger partial charge in [-0.05, 0) is 19.8 Å². The summed E-state index contributed by atoms with van der Waals surface area (Å²) >= 11 is 0. The molecule has 2 heteroatoms. The van der Waals surface area contributed by atoms with E-state index < -0.39 is 0 Å². The fourth-order valence-corrected chi connectivity index (χ4v) is 1.64. The Labute approximate surface area is 94.4 Å². The summed E-state index contributed by atoms with van der Waals surface area (Å²) in [7, 11) is 0. The number of rotatable bonds is 10. The second kappa shape index (κ2) is 10.2. The van der Waals surface area contributed by atoms with Crippen molar-refractivity contribution in [2.75, 3.05) is 6.61 Å². The zero-order valence-corrected chi connectivity index (χ0v) is 10.6. The summed E-state index contributed by atoms with van der Waals surface area (Å²) in [6, 6.07) is 0. The number of carbonyl (C=O) groups excluding carboxylic acids is 1. The van der Waals surface area contributed by atoms with Crippen molar-refractivity contribution in [2.45, 2.75) is 71.8 Å². The zero-order chi connectivity index (χ0) is 11.5. The van der Waals surface area contributed by atoms with E-state index in [9.17, 15) is 4.79 Å². The quantitative estimate of drug-likeness (QED) is 0.518. The molecule has 0 bridgehead atoms. The van der Waals surface area contributed by atoms with Crippen molar-refractivity contribution in [3.63, 3.8) is 0 Å². The van der Waals surface area contributed by atoms with Crippen LogP contribution in [-0.2, 0) is 9.53 Å². The molecule has 0 saturated heterocycles. The number of unbranched alkanes of at least 4 members (excludes halogenated alkanes) is 3. The molecule has 0 aliphatic carbocycles. The molecule has 0 saturated carbocycles.